The van der Waals surface area contributed by atoms with E-state index in [2.05, 4.69) is 5.32 Å². The van der Waals surface area contributed by atoms with Gasteiger partial charge in [-0.3, -0.25) is 14.2 Å². The molecule has 6 nitrogen and oxygen atoms in total. The fraction of sp³-hybridized carbons (Fsp3) is 0.148. The number of fused-ring (bicyclic) bond motifs is 6. The molecule has 0 aliphatic carbocycles. The average molecular weight is 486 g/mol. The number of carbonyl (C=O) groups is 1. The zero-order valence-corrected chi connectivity index (χ0v) is 19.5. The molecule has 3 heterocycles. The summed E-state index contributed by atoms with van der Waals surface area (Å²) in [5.41, 5.74) is 0.651. The first kappa shape index (κ1) is 21.5. The third-order valence-corrected chi connectivity index (χ3v) is 7.35. The standard InChI is InChI=1S/C27H20FN3O3S/c1-27-22(24(32)29-18-7-3-2-4-8-18)23(19-9-5-6-10-20(19)34-27)31-25(33)21(35-26(31)30-27)15-16-11-13-17(28)14-12-16/h2-15,22-23H,1H3,(H,29,32)/b21-15-/t22-,23+,27-/m0/s1. The van der Waals surface area contributed by atoms with E-state index in [0.717, 1.165) is 5.56 Å². The fourth-order valence-electron chi connectivity index (χ4n) is 4.80. The number of nitrogens with zero attached hydrogens (tertiary/aromatic N) is 2. The van der Waals surface area contributed by atoms with Crippen LogP contribution in [0.3, 0.4) is 0 Å². The Balaban J connectivity index is 1.54. The van der Waals surface area contributed by atoms with Crippen molar-refractivity contribution in [2.24, 2.45) is 10.9 Å². The SMILES string of the molecule is C[C@]12N=c3s/c(=C\c4ccc(F)cc4)c(=O)n3[C@H](c3ccccc3O1)[C@H]2C(=O)Nc1ccccc1. The van der Waals surface area contributed by atoms with Crippen LogP contribution in [-0.2, 0) is 4.79 Å². The van der Waals surface area contributed by atoms with Crippen LogP contribution in [0.4, 0.5) is 10.1 Å². The van der Waals surface area contributed by atoms with E-state index in [1.807, 2.05) is 54.6 Å². The lowest BCUT2D eigenvalue weighted by atomic mass is 9.80. The smallest absolute Gasteiger partial charge is 0.270 e. The summed E-state index contributed by atoms with van der Waals surface area (Å²) in [7, 11) is 0. The molecule has 0 unspecified atom stereocenters. The quantitative estimate of drug-likeness (QED) is 0.483. The van der Waals surface area contributed by atoms with Gasteiger partial charge in [-0.05, 0) is 48.9 Å². The van der Waals surface area contributed by atoms with Crippen LogP contribution < -0.4 is 24.9 Å². The van der Waals surface area contributed by atoms with Crippen molar-refractivity contribution in [2.75, 3.05) is 5.32 Å². The van der Waals surface area contributed by atoms with Crippen LogP contribution >= 0.6 is 11.3 Å². The number of halogens is 1. The van der Waals surface area contributed by atoms with E-state index in [1.165, 1.54) is 23.5 Å². The van der Waals surface area contributed by atoms with Gasteiger partial charge >= 0.3 is 0 Å². The van der Waals surface area contributed by atoms with Crippen molar-refractivity contribution in [3.8, 4) is 5.75 Å². The number of nitrogens with one attached hydrogen (secondary N) is 1. The van der Waals surface area contributed by atoms with Crippen LogP contribution in [0.15, 0.2) is 88.6 Å². The topological polar surface area (TPSA) is 72.7 Å². The summed E-state index contributed by atoms with van der Waals surface area (Å²) in [4.78, 5) is 32.6. The fourth-order valence-corrected chi connectivity index (χ4v) is 5.89. The highest BCUT2D eigenvalue weighted by molar-refractivity contribution is 7.07. The molecule has 3 atom stereocenters. The summed E-state index contributed by atoms with van der Waals surface area (Å²) < 4.78 is 21.7. The zero-order valence-electron chi connectivity index (χ0n) is 18.6. The molecule has 0 saturated carbocycles. The van der Waals surface area contributed by atoms with Gasteiger partial charge < -0.3 is 10.1 Å². The molecule has 2 aliphatic heterocycles. The van der Waals surface area contributed by atoms with Crippen molar-refractivity contribution in [1.82, 2.24) is 4.57 Å². The summed E-state index contributed by atoms with van der Waals surface area (Å²) >= 11 is 1.23. The molecule has 2 aliphatic rings. The highest BCUT2D eigenvalue weighted by Gasteiger charge is 2.55. The largest absolute Gasteiger partial charge is 0.465 e. The van der Waals surface area contributed by atoms with Crippen LogP contribution in [0.1, 0.15) is 24.1 Å². The van der Waals surface area contributed by atoms with Crippen molar-refractivity contribution >= 4 is 29.0 Å². The average Bonchev–Trinajstić information content (AvgIpc) is 3.14. The van der Waals surface area contributed by atoms with Crippen molar-refractivity contribution in [3.05, 3.63) is 115 Å². The van der Waals surface area contributed by atoms with E-state index in [1.54, 1.807) is 29.7 Å². The minimum atomic E-state index is -1.21. The Morgan fingerprint density at radius 2 is 1.80 bits per heavy atom. The van der Waals surface area contributed by atoms with Crippen LogP contribution in [0, 0.1) is 11.7 Å². The number of aromatic nitrogens is 1. The van der Waals surface area contributed by atoms with Crippen LogP contribution in [0.5, 0.6) is 5.75 Å². The second-order valence-electron chi connectivity index (χ2n) is 8.70. The maximum absolute atomic E-state index is 13.7. The molecular weight excluding hydrogens is 465 g/mol. The first-order chi connectivity index (χ1) is 16.9. The van der Waals surface area contributed by atoms with Crippen molar-refractivity contribution in [2.45, 2.75) is 18.7 Å². The number of ether oxygens (including phenoxy) is 1. The first-order valence-corrected chi connectivity index (χ1v) is 12.0. The lowest BCUT2D eigenvalue weighted by Gasteiger charge is -2.45. The first-order valence-electron chi connectivity index (χ1n) is 11.2. The molecule has 35 heavy (non-hydrogen) atoms. The highest BCUT2D eigenvalue weighted by Crippen LogP contribution is 2.47. The molecule has 2 bridgehead atoms. The van der Waals surface area contributed by atoms with Crippen molar-refractivity contribution in [3.63, 3.8) is 0 Å². The molecule has 8 heteroatoms. The third kappa shape index (κ3) is 3.57. The molecule has 6 rings (SSSR count). The van der Waals surface area contributed by atoms with E-state index in [-0.39, 0.29) is 17.3 Å². The lowest BCUT2D eigenvalue weighted by molar-refractivity contribution is -0.131. The number of hydrogen-bond acceptors (Lipinski definition) is 5. The molecule has 0 spiro atoms. The Morgan fingerprint density at radius 1 is 1.09 bits per heavy atom. The number of amides is 1. The Kier molecular flexibility index (Phi) is 4.93. The van der Waals surface area contributed by atoms with Crippen molar-refractivity contribution < 1.29 is 13.9 Å². The summed E-state index contributed by atoms with van der Waals surface area (Å²) in [5, 5.41) is 2.96. The predicted molar refractivity (Wildman–Crippen MR) is 132 cm³/mol. The van der Waals surface area contributed by atoms with E-state index in [9.17, 15) is 14.0 Å². The van der Waals surface area contributed by atoms with Crippen LogP contribution in [-0.4, -0.2) is 16.2 Å². The molecule has 1 aromatic heterocycles. The normalized spacial score (nSPS) is 22.4. The number of hydrogen-bond donors (Lipinski definition) is 1. The number of thiazole rings is 1. The number of benzene rings is 3. The molecule has 3 aromatic carbocycles. The van der Waals surface area contributed by atoms with Gasteiger partial charge in [-0.2, -0.15) is 0 Å². The maximum Gasteiger partial charge on any atom is 0.270 e. The van der Waals surface area contributed by atoms with Gasteiger partial charge in [0.15, 0.2) is 4.80 Å². The van der Waals surface area contributed by atoms with Gasteiger partial charge in [0.2, 0.25) is 11.6 Å². The van der Waals surface area contributed by atoms with E-state index in [0.29, 0.717) is 26.3 Å². The second-order valence-corrected chi connectivity index (χ2v) is 9.71. The lowest BCUT2D eigenvalue weighted by Crippen LogP contribution is -2.59. The van der Waals surface area contributed by atoms with Gasteiger partial charge in [0.05, 0.1) is 10.6 Å². The zero-order chi connectivity index (χ0) is 24.2. The van der Waals surface area contributed by atoms with Gasteiger partial charge in [-0.1, -0.05) is 59.9 Å². The third-order valence-electron chi connectivity index (χ3n) is 6.37. The molecular formula is C27H20FN3O3S. The maximum atomic E-state index is 13.7. The van der Waals surface area contributed by atoms with E-state index < -0.39 is 17.7 Å². The summed E-state index contributed by atoms with van der Waals surface area (Å²) in [5.74, 6) is -0.812. The molecule has 0 saturated heterocycles. The number of anilines is 1. The van der Waals surface area contributed by atoms with Gasteiger partial charge in [0.1, 0.15) is 17.5 Å². The van der Waals surface area contributed by atoms with Gasteiger partial charge in [-0.25, -0.2) is 9.38 Å². The predicted octanol–water partition coefficient (Wildman–Crippen LogP) is 3.46. The number of para-hydroxylation sites is 2. The summed E-state index contributed by atoms with van der Waals surface area (Å²) in [6, 6.07) is 21.9. The molecule has 0 radical (unpaired) electrons. The second kappa shape index (κ2) is 8.02. The van der Waals surface area contributed by atoms with E-state index in [4.69, 9.17) is 9.73 Å². The Morgan fingerprint density at radius 3 is 2.57 bits per heavy atom. The van der Waals surface area contributed by atoms with E-state index >= 15 is 0 Å². The summed E-state index contributed by atoms with van der Waals surface area (Å²) in [6.07, 6.45) is 1.71. The molecule has 1 N–H and O–H groups in total. The van der Waals surface area contributed by atoms with Gasteiger partial charge in [0, 0.05) is 11.3 Å². The number of carbonyl (C=O) groups excluding carboxylic acids is 1. The minimum Gasteiger partial charge on any atom is -0.465 e. The number of rotatable bonds is 3. The molecule has 0 fully saturated rings. The highest BCUT2D eigenvalue weighted by atomic mass is 32.1. The van der Waals surface area contributed by atoms with Gasteiger partial charge in [-0.15, -0.1) is 0 Å². The van der Waals surface area contributed by atoms with Crippen molar-refractivity contribution in [1.29, 1.82) is 0 Å². The Labute approximate surface area is 203 Å². The Bertz CT molecular complexity index is 1630. The minimum absolute atomic E-state index is 0.251. The summed E-state index contributed by atoms with van der Waals surface area (Å²) in [6.45, 7) is 1.78. The van der Waals surface area contributed by atoms with Crippen LogP contribution in [0.25, 0.3) is 6.08 Å². The van der Waals surface area contributed by atoms with Gasteiger partial charge in [0.25, 0.3) is 5.56 Å². The monoisotopic (exact) mass is 485 g/mol. The molecule has 4 aromatic rings. The molecule has 1 amide bonds. The Hall–Kier alpha value is -4.04. The van der Waals surface area contributed by atoms with Crippen LogP contribution in [0.2, 0.25) is 0 Å². The molecule has 174 valence electrons.